The minimum absolute atomic E-state index is 1.08. The number of rotatable bonds is 3. The number of allylic oxidation sites excluding steroid dienone is 1. The Balaban J connectivity index is 2.68. The van der Waals surface area contributed by atoms with E-state index in [1.54, 1.807) is 0 Å². The van der Waals surface area contributed by atoms with Gasteiger partial charge >= 0.3 is 0 Å². The number of hydrogen-bond acceptors (Lipinski definition) is 1. The molecule has 0 spiro atoms. The molecular weight excluding hydrogens is 148 g/mol. The van der Waals surface area contributed by atoms with E-state index in [-0.39, 0.29) is 0 Å². The van der Waals surface area contributed by atoms with Gasteiger partial charge in [-0.1, -0.05) is 19.4 Å². The smallest absolute Gasteiger partial charge is 0.0606 e. The van der Waals surface area contributed by atoms with Crippen LogP contribution >= 0.6 is 0 Å². The van der Waals surface area contributed by atoms with Crippen molar-refractivity contribution >= 4 is 6.08 Å². The predicted octanol–water partition coefficient (Wildman–Crippen LogP) is 2.54. The molecule has 1 aromatic rings. The van der Waals surface area contributed by atoms with E-state index in [1.165, 1.54) is 12.1 Å². The summed E-state index contributed by atoms with van der Waals surface area (Å²) in [7, 11) is 1.97. The molecule has 0 aliphatic rings. The Hall–Kier alpha value is -1.05. The van der Waals surface area contributed by atoms with Crippen LogP contribution in [0.15, 0.2) is 12.1 Å². The SMILES string of the molecule is CCC/C=C\c1cc(C)nn1C. The molecule has 0 fully saturated rings. The van der Waals surface area contributed by atoms with E-state index >= 15 is 0 Å². The molecule has 66 valence electrons. The van der Waals surface area contributed by atoms with E-state index in [9.17, 15) is 0 Å². The first kappa shape index (κ1) is 9.04. The van der Waals surface area contributed by atoms with Gasteiger partial charge < -0.3 is 0 Å². The van der Waals surface area contributed by atoms with Crippen molar-refractivity contribution in [3.63, 3.8) is 0 Å². The number of aryl methyl sites for hydroxylation is 2. The third-order valence-electron chi connectivity index (χ3n) is 1.78. The van der Waals surface area contributed by atoms with Crippen molar-refractivity contribution in [2.24, 2.45) is 7.05 Å². The lowest BCUT2D eigenvalue weighted by Crippen LogP contribution is -1.92. The Morgan fingerprint density at radius 2 is 2.33 bits per heavy atom. The summed E-state index contributed by atoms with van der Waals surface area (Å²) in [5.41, 5.74) is 2.26. The van der Waals surface area contributed by atoms with Crippen LogP contribution in [0.1, 0.15) is 31.2 Å². The molecule has 0 atom stereocenters. The molecule has 2 nitrogen and oxygen atoms in total. The molecule has 1 heterocycles. The van der Waals surface area contributed by atoms with Gasteiger partial charge in [-0.2, -0.15) is 5.10 Å². The Morgan fingerprint density at radius 1 is 1.58 bits per heavy atom. The number of unbranched alkanes of at least 4 members (excludes halogenated alkanes) is 1. The summed E-state index contributed by atoms with van der Waals surface area (Å²) in [5.74, 6) is 0. The Morgan fingerprint density at radius 3 is 2.83 bits per heavy atom. The van der Waals surface area contributed by atoms with Crippen LogP contribution < -0.4 is 0 Å². The van der Waals surface area contributed by atoms with Crippen LogP contribution in [0.3, 0.4) is 0 Å². The van der Waals surface area contributed by atoms with E-state index in [0.717, 1.165) is 12.1 Å². The van der Waals surface area contributed by atoms with Crippen LogP contribution in [0.2, 0.25) is 0 Å². The van der Waals surface area contributed by atoms with Crippen LogP contribution in [0, 0.1) is 6.92 Å². The van der Waals surface area contributed by atoms with Crippen LogP contribution in [-0.4, -0.2) is 9.78 Å². The highest BCUT2D eigenvalue weighted by Gasteiger charge is 1.95. The Labute approximate surface area is 73.9 Å². The van der Waals surface area contributed by atoms with Gasteiger partial charge in [0.2, 0.25) is 0 Å². The molecule has 0 radical (unpaired) electrons. The molecule has 0 bridgehead atoms. The van der Waals surface area contributed by atoms with Crippen LogP contribution in [0.25, 0.3) is 6.08 Å². The summed E-state index contributed by atoms with van der Waals surface area (Å²) < 4.78 is 1.90. The zero-order valence-corrected chi connectivity index (χ0v) is 8.04. The maximum atomic E-state index is 4.26. The monoisotopic (exact) mass is 164 g/mol. The lowest BCUT2D eigenvalue weighted by molar-refractivity contribution is 0.749. The van der Waals surface area contributed by atoms with Gasteiger partial charge in [0.15, 0.2) is 0 Å². The van der Waals surface area contributed by atoms with Gasteiger partial charge in [-0.15, -0.1) is 0 Å². The highest BCUT2D eigenvalue weighted by Crippen LogP contribution is 2.04. The molecule has 0 saturated carbocycles. The van der Waals surface area contributed by atoms with E-state index in [2.05, 4.69) is 30.2 Å². The molecule has 1 rings (SSSR count). The zero-order valence-electron chi connectivity index (χ0n) is 8.04. The molecule has 0 amide bonds. The number of hydrogen-bond donors (Lipinski definition) is 0. The second-order valence-electron chi connectivity index (χ2n) is 3.03. The van der Waals surface area contributed by atoms with Gasteiger partial charge in [0.1, 0.15) is 0 Å². The van der Waals surface area contributed by atoms with Crippen LogP contribution in [-0.2, 0) is 7.05 Å². The third kappa shape index (κ3) is 2.22. The number of aromatic nitrogens is 2. The molecule has 12 heavy (non-hydrogen) atoms. The quantitative estimate of drug-likeness (QED) is 0.671. The normalized spacial score (nSPS) is 11.2. The second-order valence-corrected chi connectivity index (χ2v) is 3.03. The second kappa shape index (κ2) is 4.10. The van der Waals surface area contributed by atoms with Gasteiger partial charge in [0, 0.05) is 7.05 Å². The first-order valence-corrected chi connectivity index (χ1v) is 4.41. The highest BCUT2D eigenvalue weighted by atomic mass is 15.3. The van der Waals surface area contributed by atoms with Gasteiger partial charge in [-0.05, 0) is 25.5 Å². The average molecular weight is 164 g/mol. The van der Waals surface area contributed by atoms with Crippen LogP contribution in [0.4, 0.5) is 0 Å². The maximum absolute atomic E-state index is 4.26. The van der Waals surface area contributed by atoms with Crippen molar-refractivity contribution in [3.8, 4) is 0 Å². The van der Waals surface area contributed by atoms with Crippen molar-refractivity contribution < 1.29 is 0 Å². The Bertz CT molecular complexity index is 271. The molecular formula is C10H16N2. The summed E-state index contributed by atoms with van der Waals surface area (Å²) in [6.45, 7) is 4.19. The van der Waals surface area contributed by atoms with E-state index < -0.39 is 0 Å². The van der Waals surface area contributed by atoms with Crippen molar-refractivity contribution in [2.45, 2.75) is 26.7 Å². The topological polar surface area (TPSA) is 17.8 Å². The van der Waals surface area contributed by atoms with Gasteiger partial charge in [0.25, 0.3) is 0 Å². The zero-order chi connectivity index (χ0) is 8.97. The van der Waals surface area contributed by atoms with Gasteiger partial charge in [-0.25, -0.2) is 0 Å². The van der Waals surface area contributed by atoms with Crippen molar-refractivity contribution in [1.29, 1.82) is 0 Å². The molecule has 0 aliphatic carbocycles. The predicted molar refractivity (Wildman–Crippen MR) is 51.9 cm³/mol. The van der Waals surface area contributed by atoms with E-state index in [0.29, 0.717) is 0 Å². The van der Waals surface area contributed by atoms with Crippen molar-refractivity contribution in [2.75, 3.05) is 0 Å². The largest absolute Gasteiger partial charge is 0.268 e. The lowest BCUT2D eigenvalue weighted by Gasteiger charge is -1.92. The summed E-state index contributed by atoms with van der Waals surface area (Å²) in [4.78, 5) is 0. The van der Waals surface area contributed by atoms with E-state index in [4.69, 9.17) is 0 Å². The summed E-state index contributed by atoms with van der Waals surface area (Å²) in [5, 5.41) is 4.26. The molecule has 0 unspecified atom stereocenters. The minimum Gasteiger partial charge on any atom is -0.268 e. The molecule has 0 saturated heterocycles. The molecule has 0 aliphatic heterocycles. The molecule has 0 N–H and O–H groups in total. The molecule has 2 heteroatoms. The molecule has 1 aromatic heterocycles. The van der Waals surface area contributed by atoms with Gasteiger partial charge in [-0.3, -0.25) is 4.68 Å². The average Bonchev–Trinajstić information content (AvgIpc) is 2.31. The third-order valence-corrected chi connectivity index (χ3v) is 1.78. The van der Waals surface area contributed by atoms with E-state index in [1.807, 2.05) is 18.7 Å². The fourth-order valence-electron chi connectivity index (χ4n) is 1.16. The standard InChI is InChI=1S/C10H16N2/c1-4-5-6-7-10-8-9(2)11-12(10)3/h6-8H,4-5H2,1-3H3/b7-6-. The minimum atomic E-state index is 1.08. The first-order valence-electron chi connectivity index (χ1n) is 4.41. The summed E-state index contributed by atoms with van der Waals surface area (Å²) in [6, 6.07) is 2.09. The van der Waals surface area contributed by atoms with Crippen molar-refractivity contribution in [3.05, 3.63) is 23.5 Å². The van der Waals surface area contributed by atoms with Crippen LogP contribution in [0.5, 0.6) is 0 Å². The number of nitrogens with zero attached hydrogens (tertiary/aromatic N) is 2. The highest BCUT2D eigenvalue weighted by molar-refractivity contribution is 5.45. The maximum Gasteiger partial charge on any atom is 0.0606 e. The summed E-state index contributed by atoms with van der Waals surface area (Å²) >= 11 is 0. The Kier molecular flexibility index (Phi) is 3.09. The fraction of sp³-hybridized carbons (Fsp3) is 0.500. The fourth-order valence-corrected chi connectivity index (χ4v) is 1.16. The first-order chi connectivity index (χ1) is 5.74. The molecule has 0 aromatic carbocycles. The van der Waals surface area contributed by atoms with Crippen molar-refractivity contribution in [1.82, 2.24) is 9.78 Å². The van der Waals surface area contributed by atoms with Gasteiger partial charge in [0.05, 0.1) is 11.4 Å². The summed E-state index contributed by atoms with van der Waals surface area (Å²) in [6.07, 6.45) is 6.66. The lowest BCUT2D eigenvalue weighted by atomic mass is 10.3.